The first-order chi connectivity index (χ1) is 10.6. The van der Waals surface area contributed by atoms with Crippen LogP contribution in [-0.4, -0.2) is 10.9 Å². The molecule has 1 atom stereocenters. The van der Waals surface area contributed by atoms with E-state index in [1.54, 1.807) is 11.3 Å². The minimum atomic E-state index is -0.0480. The van der Waals surface area contributed by atoms with Gasteiger partial charge in [0.05, 0.1) is 5.69 Å². The van der Waals surface area contributed by atoms with E-state index in [-0.39, 0.29) is 11.9 Å². The van der Waals surface area contributed by atoms with E-state index in [9.17, 15) is 4.79 Å². The lowest BCUT2D eigenvalue weighted by atomic mass is 10.1. The maximum atomic E-state index is 11.1. The van der Waals surface area contributed by atoms with Crippen LogP contribution in [0.1, 0.15) is 54.9 Å². The van der Waals surface area contributed by atoms with Gasteiger partial charge in [-0.05, 0) is 37.5 Å². The second-order valence-electron chi connectivity index (χ2n) is 5.85. The third-order valence-electron chi connectivity index (χ3n) is 3.83. The molecular weight excluding hydrogens is 294 g/mol. The number of carbonyl (C=O) groups is 1. The van der Waals surface area contributed by atoms with Crippen molar-refractivity contribution in [1.82, 2.24) is 10.3 Å². The number of hydrogen-bond donors (Lipinski definition) is 2. The summed E-state index contributed by atoms with van der Waals surface area (Å²) in [6.45, 7) is 4.43. The minimum absolute atomic E-state index is 0.0480. The van der Waals surface area contributed by atoms with Gasteiger partial charge in [0, 0.05) is 36.5 Å². The van der Waals surface area contributed by atoms with Gasteiger partial charge in [-0.3, -0.25) is 4.79 Å². The molecule has 1 saturated carbocycles. The van der Waals surface area contributed by atoms with Gasteiger partial charge >= 0.3 is 0 Å². The predicted molar refractivity (Wildman–Crippen MR) is 90.1 cm³/mol. The largest absolute Gasteiger partial charge is 0.326 e. The first-order valence-corrected chi connectivity index (χ1v) is 8.55. The molecule has 1 aromatic carbocycles. The lowest BCUT2D eigenvalue weighted by Gasteiger charge is -2.14. The van der Waals surface area contributed by atoms with Gasteiger partial charge in [-0.15, -0.1) is 11.3 Å². The molecule has 4 nitrogen and oxygen atoms in total. The van der Waals surface area contributed by atoms with Crippen molar-refractivity contribution in [2.75, 3.05) is 5.32 Å². The molecule has 0 radical (unpaired) electrons. The number of benzene rings is 1. The highest BCUT2D eigenvalue weighted by atomic mass is 32.1. The number of hydrogen-bond acceptors (Lipinski definition) is 4. The van der Waals surface area contributed by atoms with E-state index in [2.05, 4.69) is 29.0 Å². The summed E-state index contributed by atoms with van der Waals surface area (Å²) in [5, 5.41) is 9.66. The quantitative estimate of drug-likeness (QED) is 0.852. The van der Waals surface area contributed by atoms with Crippen LogP contribution in [-0.2, 0) is 11.3 Å². The fourth-order valence-corrected chi connectivity index (χ4v) is 3.25. The van der Waals surface area contributed by atoms with E-state index >= 15 is 0 Å². The monoisotopic (exact) mass is 315 g/mol. The van der Waals surface area contributed by atoms with Crippen LogP contribution < -0.4 is 10.6 Å². The maximum Gasteiger partial charge on any atom is 0.221 e. The smallest absolute Gasteiger partial charge is 0.221 e. The van der Waals surface area contributed by atoms with Gasteiger partial charge in [0.2, 0.25) is 5.91 Å². The van der Waals surface area contributed by atoms with E-state index in [0.29, 0.717) is 0 Å². The molecule has 22 heavy (non-hydrogen) atoms. The Morgan fingerprint density at radius 3 is 3.00 bits per heavy atom. The van der Waals surface area contributed by atoms with Crippen LogP contribution in [0.4, 0.5) is 5.69 Å². The first-order valence-electron chi connectivity index (χ1n) is 7.67. The number of amides is 1. The van der Waals surface area contributed by atoms with Gasteiger partial charge < -0.3 is 10.6 Å². The molecule has 3 rings (SSSR count). The Morgan fingerprint density at radius 1 is 1.45 bits per heavy atom. The number of anilines is 1. The Hall–Kier alpha value is -1.72. The van der Waals surface area contributed by atoms with Gasteiger partial charge in [-0.1, -0.05) is 12.1 Å². The lowest BCUT2D eigenvalue weighted by molar-refractivity contribution is -0.114. The van der Waals surface area contributed by atoms with Crippen molar-refractivity contribution < 1.29 is 4.79 Å². The molecule has 0 aliphatic heterocycles. The van der Waals surface area contributed by atoms with E-state index in [1.807, 2.05) is 18.2 Å². The zero-order chi connectivity index (χ0) is 15.5. The number of rotatable bonds is 6. The van der Waals surface area contributed by atoms with Crippen molar-refractivity contribution in [3.63, 3.8) is 0 Å². The summed E-state index contributed by atoms with van der Waals surface area (Å²) in [4.78, 5) is 15.8. The number of aromatic nitrogens is 1. The molecule has 116 valence electrons. The van der Waals surface area contributed by atoms with Crippen molar-refractivity contribution in [1.29, 1.82) is 0 Å². The Labute approximate surface area is 135 Å². The SMILES string of the molecule is CC(=O)Nc1cccc([C@H](C)NCc2nc(C3CC3)cs2)c1. The van der Waals surface area contributed by atoms with Crippen molar-refractivity contribution in [2.45, 2.75) is 45.2 Å². The summed E-state index contributed by atoms with van der Waals surface area (Å²) in [5.41, 5.74) is 3.26. The van der Waals surface area contributed by atoms with Gasteiger partial charge in [-0.2, -0.15) is 0 Å². The number of nitrogens with one attached hydrogen (secondary N) is 2. The summed E-state index contributed by atoms with van der Waals surface area (Å²) in [6, 6.07) is 8.16. The number of carbonyl (C=O) groups excluding carboxylic acids is 1. The minimum Gasteiger partial charge on any atom is -0.326 e. The Kier molecular flexibility index (Phi) is 4.55. The molecular formula is C17H21N3OS. The molecule has 2 aromatic rings. The summed E-state index contributed by atoms with van der Waals surface area (Å²) < 4.78 is 0. The highest BCUT2D eigenvalue weighted by Gasteiger charge is 2.25. The molecule has 1 amide bonds. The Morgan fingerprint density at radius 2 is 2.27 bits per heavy atom. The van der Waals surface area contributed by atoms with Crippen molar-refractivity contribution in [3.05, 3.63) is 45.9 Å². The predicted octanol–water partition coefficient (Wildman–Crippen LogP) is 3.83. The van der Waals surface area contributed by atoms with E-state index in [0.717, 1.165) is 28.7 Å². The molecule has 0 saturated heterocycles. The van der Waals surface area contributed by atoms with E-state index < -0.39 is 0 Å². The van der Waals surface area contributed by atoms with Crippen LogP contribution in [0, 0.1) is 0 Å². The van der Waals surface area contributed by atoms with Crippen molar-refractivity contribution >= 4 is 22.9 Å². The van der Waals surface area contributed by atoms with Crippen LogP contribution in [0.5, 0.6) is 0 Å². The summed E-state index contributed by atoms with van der Waals surface area (Å²) in [6.07, 6.45) is 2.59. The number of nitrogens with zero attached hydrogens (tertiary/aromatic N) is 1. The lowest BCUT2D eigenvalue weighted by Crippen LogP contribution is -2.18. The molecule has 1 aliphatic carbocycles. The third kappa shape index (κ3) is 3.93. The van der Waals surface area contributed by atoms with E-state index in [4.69, 9.17) is 4.98 Å². The molecule has 0 unspecified atom stereocenters. The molecule has 5 heteroatoms. The maximum absolute atomic E-state index is 11.1. The highest BCUT2D eigenvalue weighted by molar-refractivity contribution is 7.09. The second kappa shape index (κ2) is 6.58. The average molecular weight is 315 g/mol. The van der Waals surface area contributed by atoms with Crippen LogP contribution in [0.3, 0.4) is 0 Å². The third-order valence-corrected chi connectivity index (χ3v) is 4.70. The second-order valence-corrected chi connectivity index (χ2v) is 6.79. The average Bonchev–Trinajstić information content (AvgIpc) is 3.23. The van der Waals surface area contributed by atoms with Gasteiger partial charge in [0.1, 0.15) is 5.01 Å². The topological polar surface area (TPSA) is 54.0 Å². The van der Waals surface area contributed by atoms with Crippen LogP contribution in [0.2, 0.25) is 0 Å². The van der Waals surface area contributed by atoms with Gasteiger partial charge in [0.15, 0.2) is 0 Å². The van der Waals surface area contributed by atoms with Crippen LogP contribution >= 0.6 is 11.3 Å². The van der Waals surface area contributed by atoms with Crippen LogP contribution in [0.15, 0.2) is 29.6 Å². The Balaban J connectivity index is 1.58. The molecule has 2 N–H and O–H groups in total. The molecule has 0 spiro atoms. The Bertz CT molecular complexity index is 663. The summed E-state index contributed by atoms with van der Waals surface area (Å²) in [5.74, 6) is 0.671. The highest BCUT2D eigenvalue weighted by Crippen LogP contribution is 2.40. The standard InChI is InChI=1S/C17H21N3OS/c1-11(14-4-3-5-15(8-14)19-12(2)21)18-9-17-20-16(10-22-17)13-6-7-13/h3-5,8,10-11,13,18H,6-7,9H2,1-2H3,(H,19,21)/t11-/m0/s1. The summed E-state index contributed by atoms with van der Waals surface area (Å²) >= 11 is 1.74. The molecule has 1 aliphatic rings. The number of thiazole rings is 1. The fourth-order valence-electron chi connectivity index (χ4n) is 2.42. The molecule has 1 heterocycles. The zero-order valence-electron chi connectivity index (χ0n) is 12.9. The fraction of sp³-hybridized carbons (Fsp3) is 0.412. The molecule has 1 fully saturated rings. The van der Waals surface area contributed by atoms with Gasteiger partial charge in [-0.25, -0.2) is 4.98 Å². The van der Waals surface area contributed by atoms with Crippen molar-refractivity contribution in [2.24, 2.45) is 0 Å². The molecule has 1 aromatic heterocycles. The van der Waals surface area contributed by atoms with Crippen LogP contribution in [0.25, 0.3) is 0 Å². The van der Waals surface area contributed by atoms with Gasteiger partial charge in [0.25, 0.3) is 0 Å². The normalized spacial score (nSPS) is 15.5. The zero-order valence-corrected chi connectivity index (χ0v) is 13.7. The van der Waals surface area contributed by atoms with Crippen molar-refractivity contribution in [3.8, 4) is 0 Å². The van der Waals surface area contributed by atoms with E-state index in [1.165, 1.54) is 25.5 Å². The first kappa shape index (κ1) is 15.2. The summed E-state index contributed by atoms with van der Waals surface area (Å²) in [7, 11) is 0. The molecule has 0 bridgehead atoms.